The molecule has 0 spiro atoms. The fourth-order valence-corrected chi connectivity index (χ4v) is 8.93. The average Bonchev–Trinajstić information content (AvgIpc) is 3.74. The Labute approximate surface area is 348 Å². The van der Waals surface area contributed by atoms with Gasteiger partial charge in [-0.3, -0.25) is 9.88 Å². The zero-order valence-electron chi connectivity index (χ0n) is 34.6. The van der Waals surface area contributed by atoms with Crippen LogP contribution in [0, 0.1) is 5.82 Å². The third-order valence-corrected chi connectivity index (χ3v) is 11.7. The minimum Gasteiger partial charge on any atom is -0.472 e. The number of nitrogens with one attached hydrogen (secondary N) is 1. The first-order valence-electron chi connectivity index (χ1n) is 20.8. The third-order valence-electron chi connectivity index (χ3n) is 11.7. The van der Waals surface area contributed by atoms with Gasteiger partial charge in [0.15, 0.2) is 5.82 Å². The van der Waals surface area contributed by atoms with E-state index in [0.717, 1.165) is 41.3 Å². The maximum absolute atomic E-state index is 17.1. The summed E-state index contributed by atoms with van der Waals surface area (Å²) in [5.74, 6) is -0.547. The fourth-order valence-electron chi connectivity index (χ4n) is 8.93. The fraction of sp³-hybridized carbons (Fsp3) is 0.457. The van der Waals surface area contributed by atoms with Gasteiger partial charge < -0.3 is 29.2 Å². The number of aromatic nitrogens is 3. The number of hydrogen-bond donors (Lipinski definition) is 1. The smallest absolute Gasteiger partial charge is 0.410 e. The van der Waals surface area contributed by atoms with E-state index in [0.29, 0.717) is 50.9 Å². The van der Waals surface area contributed by atoms with Crippen LogP contribution in [0.2, 0.25) is 0 Å². The SMILES string of the molecule is CC(C)(C)OC(=O)N1CCC[C@@](C)(NC(=O)OCCc2cccc3cccc(-c4ncc5c(OCc6ccccc6)nc(OC[C@@]67CCCN6C[C@H](F)C7)nc5c4F)c23)C1. The molecule has 316 valence electrons. The van der Waals surface area contributed by atoms with E-state index in [1.54, 1.807) is 4.90 Å². The lowest BCUT2D eigenvalue weighted by molar-refractivity contribution is 0.0119. The molecule has 1 N–H and O–H groups in total. The molecule has 3 aromatic carbocycles. The first-order valence-corrected chi connectivity index (χ1v) is 20.8. The van der Waals surface area contributed by atoms with E-state index in [9.17, 15) is 14.0 Å². The van der Waals surface area contributed by atoms with Gasteiger partial charge >= 0.3 is 18.2 Å². The van der Waals surface area contributed by atoms with Gasteiger partial charge in [-0.15, -0.1) is 0 Å². The molecule has 14 heteroatoms. The van der Waals surface area contributed by atoms with E-state index >= 15 is 4.39 Å². The van der Waals surface area contributed by atoms with Crippen LogP contribution in [0.4, 0.5) is 18.4 Å². The van der Waals surface area contributed by atoms with Gasteiger partial charge in [-0.2, -0.15) is 9.97 Å². The summed E-state index contributed by atoms with van der Waals surface area (Å²) in [7, 11) is 0. The van der Waals surface area contributed by atoms with Crippen LogP contribution < -0.4 is 14.8 Å². The van der Waals surface area contributed by atoms with Gasteiger partial charge in [0, 0.05) is 44.2 Å². The predicted molar refractivity (Wildman–Crippen MR) is 223 cm³/mol. The summed E-state index contributed by atoms with van der Waals surface area (Å²) in [4.78, 5) is 43.5. The van der Waals surface area contributed by atoms with Gasteiger partial charge in [-0.1, -0.05) is 66.7 Å². The molecular formula is C46H52F2N6O6. The van der Waals surface area contributed by atoms with E-state index in [4.69, 9.17) is 18.9 Å². The Balaban J connectivity index is 1.04. The van der Waals surface area contributed by atoms with Crippen molar-refractivity contribution in [1.82, 2.24) is 30.1 Å². The summed E-state index contributed by atoms with van der Waals surface area (Å²) < 4.78 is 55.3. The number of rotatable bonds is 11. The molecule has 60 heavy (non-hydrogen) atoms. The minimum absolute atomic E-state index is 0.0143. The van der Waals surface area contributed by atoms with Crippen molar-refractivity contribution in [3.05, 3.63) is 89.9 Å². The molecule has 8 rings (SSSR count). The Morgan fingerprint density at radius 1 is 0.967 bits per heavy atom. The molecular weight excluding hydrogens is 771 g/mol. The van der Waals surface area contributed by atoms with E-state index in [2.05, 4.69) is 25.2 Å². The number of alkyl carbamates (subject to hydrolysis) is 1. The largest absolute Gasteiger partial charge is 0.472 e. The zero-order chi connectivity index (χ0) is 42.1. The first-order chi connectivity index (χ1) is 28.8. The number of alkyl halides is 1. The molecule has 0 saturated carbocycles. The van der Waals surface area contributed by atoms with E-state index < -0.39 is 40.9 Å². The number of carbonyl (C=O) groups is 2. The molecule has 3 fully saturated rings. The molecule has 3 saturated heterocycles. The molecule has 3 atom stereocenters. The van der Waals surface area contributed by atoms with E-state index in [1.165, 1.54) is 6.20 Å². The van der Waals surface area contributed by atoms with Crippen LogP contribution in [0.1, 0.15) is 70.9 Å². The molecule has 0 aliphatic carbocycles. The number of piperidine rings is 1. The Bertz CT molecular complexity index is 2370. The van der Waals surface area contributed by atoms with Crippen molar-refractivity contribution in [3.8, 4) is 23.1 Å². The topological polar surface area (TPSA) is 128 Å². The number of fused-ring (bicyclic) bond motifs is 3. The summed E-state index contributed by atoms with van der Waals surface area (Å²) >= 11 is 0. The molecule has 2 amide bonds. The molecule has 12 nitrogen and oxygen atoms in total. The molecule has 3 aliphatic rings. The number of halogens is 2. The number of hydrogen-bond acceptors (Lipinski definition) is 10. The van der Waals surface area contributed by atoms with Crippen LogP contribution in [0.15, 0.2) is 72.9 Å². The number of likely N-dealkylation sites (tertiary alicyclic amines) is 1. The normalized spacial score (nSPS) is 21.8. The van der Waals surface area contributed by atoms with Crippen LogP contribution in [0.5, 0.6) is 11.9 Å². The highest BCUT2D eigenvalue weighted by molar-refractivity contribution is 6.00. The lowest BCUT2D eigenvalue weighted by Gasteiger charge is -2.40. The quantitative estimate of drug-likeness (QED) is 0.138. The van der Waals surface area contributed by atoms with Crippen LogP contribution in [0.3, 0.4) is 0 Å². The summed E-state index contributed by atoms with van der Waals surface area (Å²) in [6, 6.07) is 20.9. The van der Waals surface area contributed by atoms with Crippen molar-refractivity contribution in [2.75, 3.05) is 39.4 Å². The molecule has 0 radical (unpaired) electrons. The molecule has 3 aliphatic heterocycles. The summed E-state index contributed by atoms with van der Waals surface area (Å²) in [6.07, 6.45) is 3.42. The molecule has 5 heterocycles. The number of carbonyl (C=O) groups excluding carboxylic acids is 2. The maximum atomic E-state index is 17.1. The predicted octanol–water partition coefficient (Wildman–Crippen LogP) is 8.58. The van der Waals surface area contributed by atoms with Crippen LogP contribution in [-0.4, -0.2) is 99.2 Å². The van der Waals surface area contributed by atoms with Crippen molar-refractivity contribution in [2.24, 2.45) is 0 Å². The van der Waals surface area contributed by atoms with Crippen molar-refractivity contribution >= 4 is 33.9 Å². The Morgan fingerprint density at radius 2 is 1.75 bits per heavy atom. The van der Waals surface area contributed by atoms with Gasteiger partial charge in [0.05, 0.1) is 23.1 Å². The second-order valence-electron chi connectivity index (χ2n) is 17.5. The van der Waals surface area contributed by atoms with Gasteiger partial charge in [0.25, 0.3) is 0 Å². The molecule has 0 bridgehead atoms. The van der Waals surface area contributed by atoms with Crippen LogP contribution >= 0.6 is 0 Å². The van der Waals surface area contributed by atoms with Gasteiger partial charge in [-0.25, -0.2) is 18.4 Å². The number of pyridine rings is 1. The lowest BCUT2D eigenvalue weighted by atomic mass is 9.91. The minimum atomic E-state index is -0.930. The summed E-state index contributed by atoms with van der Waals surface area (Å²) in [5, 5.41) is 4.87. The number of nitrogens with zero attached hydrogens (tertiary/aromatic N) is 5. The highest BCUT2D eigenvalue weighted by Gasteiger charge is 2.49. The van der Waals surface area contributed by atoms with Gasteiger partial charge in [-0.05, 0) is 81.8 Å². The Hall–Kier alpha value is -5.63. The average molecular weight is 823 g/mol. The van der Waals surface area contributed by atoms with Crippen molar-refractivity contribution in [1.29, 1.82) is 0 Å². The van der Waals surface area contributed by atoms with Gasteiger partial charge in [0.2, 0.25) is 5.88 Å². The monoisotopic (exact) mass is 822 g/mol. The van der Waals surface area contributed by atoms with Crippen LogP contribution in [-0.2, 0) is 22.5 Å². The van der Waals surface area contributed by atoms with Crippen molar-refractivity contribution in [3.63, 3.8) is 0 Å². The van der Waals surface area contributed by atoms with Crippen molar-refractivity contribution in [2.45, 2.75) is 95.7 Å². The summed E-state index contributed by atoms with van der Waals surface area (Å²) in [6.45, 7) is 9.78. The third kappa shape index (κ3) is 8.93. The number of amides is 2. The lowest BCUT2D eigenvalue weighted by Crippen LogP contribution is -2.58. The number of ether oxygens (including phenoxy) is 4. The molecule has 5 aromatic rings. The second kappa shape index (κ2) is 16.8. The van der Waals surface area contributed by atoms with Gasteiger partial charge in [0.1, 0.15) is 36.2 Å². The summed E-state index contributed by atoms with van der Waals surface area (Å²) in [5.41, 5.74) is 0.563. The van der Waals surface area contributed by atoms with Crippen LogP contribution in [0.25, 0.3) is 32.9 Å². The first kappa shape index (κ1) is 41.1. The Morgan fingerprint density at radius 3 is 2.55 bits per heavy atom. The highest BCUT2D eigenvalue weighted by Crippen LogP contribution is 2.41. The molecule has 0 unspecified atom stereocenters. The van der Waals surface area contributed by atoms with E-state index in [1.807, 2.05) is 94.4 Å². The maximum Gasteiger partial charge on any atom is 0.410 e. The Kier molecular flexibility index (Phi) is 11.5. The second-order valence-corrected chi connectivity index (χ2v) is 17.5. The van der Waals surface area contributed by atoms with Crippen molar-refractivity contribution < 1.29 is 37.3 Å². The molecule has 2 aromatic heterocycles. The standard InChI is InChI=1S/C46H52F2N6O6/c1-44(2,3)60-43(56)53-21-10-19-45(4,28-53)52-42(55)57-23-18-32-15-8-14-31-16-9-17-34(36(31)32)38-37(48)39-35(25-49-38)40(58-27-30-12-6-5-7-13-30)51-41(50-39)59-29-46-20-11-22-54(46)26-33(47)24-46/h5-9,12-17,25,33H,10-11,18-24,26-29H2,1-4H3,(H,52,55)/t33-,45-,46+/m1/s1. The van der Waals surface area contributed by atoms with E-state index in [-0.39, 0.29) is 48.3 Å². The zero-order valence-corrected chi connectivity index (χ0v) is 34.6. The number of benzene rings is 3. The highest BCUT2D eigenvalue weighted by atomic mass is 19.1.